The van der Waals surface area contributed by atoms with Crippen LogP contribution >= 0.6 is 11.8 Å². The van der Waals surface area contributed by atoms with E-state index in [0.29, 0.717) is 6.04 Å². The van der Waals surface area contributed by atoms with Gasteiger partial charge in [0, 0.05) is 16.7 Å². The van der Waals surface area contributed by atoms with E-state index >= 15 is 0 Å². The molecule has 1 atom stereocenters. The van der Waals surface area contributed by atoms with E-state index in [9.17, 15) is 0 Å². The van der Waals surface area contributed by atoms with E-state index in [0.717, 1.165) is 11.5 Å². The fourth-order valence-electron chi connectivity index (χ4n) is 1.38. The second-order valence-corrected chi connectivity index (χ2v) is 4.52. The van der Waals surface area contributed by atoms with Crippen LogP contribution in [0.25, 0.3) is 0 Å². The molecule has 1 heterocycles. The average molecular weight is 209 g/mol. The molecule has 1 unspecified atom stereocenters. The molecule has 1 N–H and O–H groups in total. The smallest absolute Gasteiger partial charge is 0.119 e. The lowest BCUT2D eigenvalue weighted by atomic mass is 10.1. The fraction of sp³-hybridized carbons (Fsp3) is 0.455. The van der Waals surface area contributed by atoms with Crippen LogP contribution in [0.3, 0.4) is 0 Å². The van der Waals surface area contributed by atoms with Crippen molar-refractivity contribution in [1.29, 1.82) is 0 Å². The second-order valence-electron chi connectivity index (χ2n) is 3.43. The zero-order chi connectivity index (χ0) is 9.80. The van der Waals surface area contributed by atoms with Gasteiger partial charge in [0.2, 0.25) is 0 Å². The topological polar surface area (TPSA) is 21.3 Å². The van der Waals surface area contributed by atoms with Crippen molar-refractivity contribution in [2.24, 2.45) is 0 Å². The molecule has 1 saturated heterocycles. The molecule has 0 amide bonds. The zero-order valence-corrected chi connectivity index (χ0v) is 9.14. The number of rotatable bonds is 4. The van der Waals surface area contributed by atoms with E-state index in [-0.39, 0.29) is 0 Å². The predicted molar refractivity (Wildman–Crippen MR) is 60.1 cm³/mol. The third kappa shape index (κ3) is 2.42. The summed E-state index contributed by atoms with van der Waals surface area (Å²) in [4.78, 5) is 1.29. The van der Waals surface area contributed by atoms with Gasteiger partial charge in [-0.1, -0.05) is 6.07 Å². The van der Waals surface area contributed by atoms with Gasteiger partial charge in [-0.3, -0.25) is 0 Å². The van der Waals surface area contributed by atoms with Gasteiger partial charge in [0.1, 0.15) is 5.75 Å². The van der Waals surface area contributed by atoms with Crippen LogP contribution in [0.5, 0.6) is 5.75 Å². The first-order valence-corrected chi connectivity index (χ1v) is 5.87. The molecule has 1 aromatic carbocycles. The first-order chi connectivity index (χ1) is 6.88. The summed E-state index contributed by atoms with van der Waals surface area (Å²) in [7, 11) is 1.71. The van der Waals surface area contributed by atoms with Crippen molar-refractivity contribution in [3.8, 4) is 5.75 Å². The summed E-state index contributed by atoms with van der Waals surface area (Å²) in [6.45, 7) is 1.18. The summed E-state index contributed by atoms with van der Waals surface area (Å²) < 4.78 is 5.17. The van der Waals surface area contributed by atoms with Crippen LogP contribution in [-0.2, 0) is 0 Å². The van der Waals surface area contributed by atoms with E-state index < -0.39 is 0 Å². The molecular weight excluding hydrogens is 194 g/mol. The molecule has 1 fully saturated rings. The molecule has 2 rings (SSSR count). The molecule has 0 aromatic heterocycles. The summed E-state index contributed by atoms with van der Waals surface area (Å²) in [5.74, 6) is 2.10. The van der Waals surface area contributed by atoms with Gasteiger partial charge < -0.3 is 10.1 Å². The maximum atomic E-state index is 5.17. The SMILES string of the molecule is COc1cccc(SCC2CCN2)c1. The Kier molecular flexibility index (Phi) is 3.32. The molecule has 0 radical (unpaired) electrons. The highest BCUT2D eigenvalue weighted by Crippen LogP contribution is 2.24. The Morgan fingerprint density at radius 2 is 2.43 bits per heavy atom. The van der Waals surface area contributed by atoms with Crippen LogP contribution in [0.2, 0.25) is 0 Å². The minimum atomic E-state index is 0.714. The highest BCUT2D eigenvalue weighted by molar-refractivity contribution is 7.99. The summed E-state index contributed by atoms with van der Waals surface area (Å²) in [5, 5.41) is 3.39. The fourth-order valence-corrected chi connectivity index (χ4v) is 2.43. The van der Waals surface area contributed by atoms with Crippen molar-refractivity contribution in [2.45, 2.75) is 17.4 Å². The molecule has 76 valence electrons. The molecule has 0 aliphatic carbocycles. The molecule has 1 aliphatic heterocycles. The van der Waals surface area contributed by atoms with Crippen molar-refractivity contribution >= 4 is 11.8 Å². The van der Waals surface area contributed by atoms with Crippen LogP contribution in [0.15, 0.2) is 29.2 Å². The first kappa shape index (κ1) is 9.87. The molecule has 0 bridgehead atoms. The van der Waals surface area contributed by atoms with E-state index in [2.05, 4.69) is 17.4 Å². The summed E-state index contributed by atoms with van der Waals surface area (Å²) >= 11 is 1.89. The molecule has 14 heavy (non-hydrogen) atoms. The van der Waals surface area contributed by atoms with E-state index in [1.807, 2.05) is 23.9 Å². The van der Waals surface area contributed by atoms with Gasteiger partial charge in [0.25, 0.3) is 0 Å². The van der Waals surface area contributed by atoms with Gasteiger partial charge in [-0.25, -0.2) is 0 Å². The molecule has 0 spiro atoms. The number of benzene rings is 1. The van der Waals surface area contributed by atoms with E-state index in [1.165, 1.54) is 17.9 Å². The predicted octanol–water partition coefficient (Wildman–Crippen LogP) is 2.15. The molecule has 3 heteroatoms. The van der Waals surface area contributed by atoms with Crippen molar-refractivity contribution < 1.29 is 4.74 Å². The Labute approximate surface area is 89.0 Å². The maximum Gasteiger partial charge on any atom is 0.119 e. The lowest BCUT2D eigenvalue weighted by Gasteiger charge is -2.27. The summed E-state index contributed by atoms with van der Waals surface area (Å²) in [6, 6.07) is 8.95. The lowest BCUT2D eigenvalue weighted by molar-refractivity contribution is 0.405. The number of hydrogen-bond donors (Lipinski definition) is 1. The van der Waals surface area contributed by atoms with Gasteiger partial charge in [0.05, 0.1) is 7.11 Å². The minimum absolute atomic E-state index is 0.714. The highest BCUT2D eigenvalue weighted by atomic mass is 32.2. The quantitative estimate of drug-likeness (QED) is 0.768. The van der Waals surface area contributed by atoms with Crippen molar-refractivity contribution in [1.82, 2.24) is 5.32 Å². The average Bonchev–Trinajstić information content (AvgIpc) is 2.16. The summed E-state index contributed by atoms with van der Waals surface area (Å²) in [5.41, 5.74) is 0. The minimum Gasteiger partial charge on any atom is -0.497 e. The van der Waals surface area contributed by atoms with Crippen molar-refractivity contribution in [3.63, 3.8) is 0 Å². The molecule has 2 nitrogen and oxygen atoms in total. The standard InChI is InChI=1S/C11H15NOS/c1-13-10-3-2-4-11(7-10)14-8-9-5-6-12-9/h2-4,7,9,12H,5-6,8H2,1H3. The van der Waals surface area contributed by atoms with Crippen LogP contribution in [0.1, 0.15) is 6.42 Å². The Morgan fingerprint density at radius 3 is 3.07 bits per heavy atom. The largest absolute Gasteiger partial charge is 0.497 e. The van der Waals surface area contributed by atoms with E-state index in [4.69, 9.17) is 4.74 Å². The normalized spacial score (nSPS) is 20.2. The van der Waals surface area contributed by atoms with Crippen molar-refractivity contribution in [2.75, 3.05) is 19.4 Å². The molecular formula is C11H15NOS. The maximum absolute atomic E-state index is 5.17. The van der Waals surface area contributed by atoms with Crippen LogP contribution < -0.4 is 10.1 Å². The van der Waals surface area contributed by atoms with Crippen molar-refractivity contribution in [3.05, 3.63) is 24.3 Å². The van der Waals surface area contributed by atoms with Gasteiger partial charge in [-0.2, -0.15) is 0 Å². The van der Waals surface area contributed by atoms with Crippen LogP contribution in [0, 0.1) is 0 Å². The van der Waals surface area contributed by atoms with Gasteiger partial charge in [-0.05, 0) is 31.2 Å². The summed E-state index contributed by atoms with van der Waals surface area (Å²) in [6.07, 6.45) is 1.32. The van der Waals surface area contributed by atoms with Crippen LogP contribution in [-0.4, -0.2) is 25.4 Å². The second kappa shape index (κ2) is 4.71. The first-order valence-electron chi connectivity index (χ1n) is 4.89. The highest BCUT2D eigenvalue weighted by Gasteiger charge is 2.15. The lowest BCUT2D eigenvalue weighted by Crippen LogP contribution is -2.44. The zero-order valence-electron chi connectivity index (χ0n) is 8.32. The molecule has 1 aromatic rings. The Bertz CT molecular complexity index is 299. The molecule has 1 aliphatic rings. The third-order valence-corrected chi connectivity index (χ3v) is 3.57. The van der Waals surface area contributed by atoms with Gasteiger partial charge in [0.15, 0.2) is 0 Å². The monoisotopic (exact) mass is 209 g/mol. The van der Waals surface area contributed by atoms with Gasteiger partial charge in [-0.15, -0.1) is 11.8 Å². The number of hydrogen-bond acceptors (Lipinski definition) is 3. The molecule has 0 saturated carbocycles. The Morgan fingerprint density at radius 1 is 1.57 bits per heavy atom. The number of thioether (sulfide) groups is 1. The van der Waals surface area contributed by atoms with Crippen LogP contribution in [0.4, 0.5) is 0 Å². The Balaban J connectivity index is 1.87. The number of nitrogens with one attached hydrogen (secondary N) is 1. The third-order valence-electron chi connectivity index (χ3n) is 2.42. The van der Waals surface area contributed by atoms with E-state index in [1.54, 1.807) is 7.11 Å². The van der Waals surface area contributed by atoms with Gasteiger partial charge >= 0.3 is 0 Å². The number of methoxy groups -OCH3 is 1. The Hall–Kier alpha value is -0.670. The number of ether oxygens (including phenoxy) is 1.